The average Bonchev–Trinajstić information content (AvgIpc) is 1.81. The van der Waals surface area contributed by atoms with Gasteiger partial charge < -0.3 is 5.73 Å². The standard InChI is InChI=1S/C5H15N3O2S/c1-5(6)4-8(7(2)3)11(9)10/h5H,4,6H2,1-3H3,(H,9,10). The number of rotatable bonds is 4. The number of hydrogen-bond donors (Lipinski definition) is 2. The SMILES string of the molecule is CC(N)CN(N(C)C)S(=O)O. The summed E-state index contributed by atoms with van der Waals surface area (Å²) >= 11 is -1.97. The normalized spacial score (nSPS) is 17.4. The summed E-state index contributed by atoms with van der Waals surface area (Å²) in [5, 5.41) is 1.54. The Morgan fingerprint density at radius 1 is 1.64 bits per heavy atom. The van der Waals surface area contributed by atoms with Crippen LogP contribution in [0.1, 0.15) is 6.92 Å². The maximum atomic E-state index is 10.6. The molecule has 0 aromatic rings. The molecule has 0 radical (unpaired) electrons. The first-order valence-electron chi connectivity index (χ1n) is 3.26. The Kier molecular flexibility index (Phi) is 4.78. The van der Waals surface area contributed by atoms with Gasteiger partial charge in [-0.25, -0.2) is 9.22 Å². The smallest absolute Gasteiger partial charge is 0.248 e. The van der Waals surface area contributed by atoms with Crippen LogP contribution in [-0.2, 0) is 11.3 Å². The van der Waals surface area contributed by atoms with Crippen LogP contribution in [0.5, 0.6) is 0 Å². The quantitative estimate of drug-likeness (QED) is 0.442. The average molecular weight is 181 g/mol. The largest absolute Gasteiger partial charge is 0.327 e. The molecule has 0 aromatic carbocycles. The van der Waals surface area contributed by atoms with Gasteiger partial charge in [0, 0.05) is 26.7 Å². The van der Waals surface area contributed by atoms with E-state index < -0.39 is 11.3 Å². The van der Waals surface area contributed by atoms with Gasteiger partial charge in [0.15, 0.2) is 0 Å². The fraction of sp³-hybridized carbons (Fsp3) is 1.00. The minimum absolute atomic E-state index is 0.117. The van der Waals surface area contributed by atoms with E-state index in [2.05, 4.69) is 0 Å². The number of nitrogens with zero attached hydrogens (tertiary/aromatic N) is 2. The molecule has 11 heavy (non-hydrogen) atoms. The highest BCUT2D eigenvalue weighted by Gasteiger charge is 2.14. The van der Waals surface area contributed by atoms with Gasteiger partial charge in [0.05, 0.1) is 0 Å². The van der Waals surface area contributed by atoms with E-state index in [-0.39, 0.29) is 6.04 Å². The molecular weight excluding hydrogens is 166 g/mol. The second-order valence-electron chi connectivity index (χ2n) is 2.59. The zero-order valence-electron chi connectivity index (χ0n) is 7.02. The zero-order chi connectivity index (χ0) is 9.02. The molecule has 0 aliphatic carbocycles. The number of hydrogen-bond acceptors (Lipinski definition) is 3. The van der Waals surface area contributed by atoms with Crippen molar-refractivity contribution in [3.05, 3.63) is 0 Å². The molecule has 6 heteroatoms. The van der Waals surface area contributed by atoms with Gasteiger partial charge in [-0.05, 0) is 6.92 Å². The van der Waals surface area contributed by atoms with E-state index in [1.165, 1.54) is 4.41 Å². The van der Waals surface area contributed by atoms with Crippen LogP contribution in [0.3, 0.4) is 0 Å². The Hall–Kier alpha value is -0.0100. The molecule has 0 saturated heterocycles. The number of nitrogens with two attached hydrogens (primary N) is 1. The van der Waals surface area contributed by atoms with Gasteiger partial charge >= 0.3 is 0 Å². The lowest BCUT2D eigenvalue weighted by Gasteiger charge is -2.25. The van der Waals surface area contributed by atoms with Gasteiger partial charge in [-0.1, -0.05) is 0 Å². The van der Waals surface area contributed by atoms with Gasteiger partial charge in [0.25, 0.3) is 0 Å². The molecular formula is C5H15N3O2S. The Bertz CT molecular complexity index is 140. The summed E-state index contributed by atoms with van der Waals surface area (Å²) in [5.74, 6) is 0. The summed E-state index contributed by atoms with van der Waals surface area (Å²) in [6.07, 6.45) is 0. The topological polar surface area (TPSA) is 69.8 Å². The maximum Gasteiger partial charge on any atom is 0.248 e. The molecule has 0 aromatic heterocycles. The van der Waals surface area contributed by atoms with Crippen LogP contribution >= 0.6 is 0 Å². The molecule has 0 heterocycles. The van der Waals surface area contributed by atoms with E-state index in [4.69, 9.17) is 10.3 Å². The molecule has 5 nitrogen and oxygen atoms in total. The third-order valence-corrected chi connectivity index (χ3v) is 1.91. The van der Waals surface area contributed by atoms with Crippen molar-refractivity contribution >= 4 is 11.3 Å². The lowest BCUT2D eigenvalue weighted by molar-refractivity contribution is 0.118. The van der Waals surface area contributed by atoms with E-state index in [1.807, 2.05) is 0 Å². The van der Waals surface area contributed by atoms with Gasteiger partial charge in [-0.15, -0.1) is 4.41 Å². The molecule has 0 aliphatic heterocycles. The summed E-state index contributed by atoms with van der Waals surface area (Å²) < 4.78 is 20.6. The van der Waals surface area contributed by atoms with Crippen molar-refractivity contribution < 1.29 is 8.76 Å². The van der Waals surface area contributed by atoms with E-state index in [0.29, 0.717) is 6.54 Å². The van der Waals surface area contributed by atoms with Crippen LogP contribution in [0.25, 0.3) is 0 Å². The fourth-order valence-electron chi connectivity index (χ4n) is 0.613. The van der Waals surface area contributed by atoms with Crippen molar-refractivity contribution in [1.82, 2.24) is 9.42 Å². The van der Waals surface area contributed by atoms with E-state index in [0.717, 1.165) is 0 Å². The molecule has 2 unspecified atom stereocenters. The van der Waals surface area contributed by atoms with Crippen LogP contribution in [0.15, 0.2) is 0 Å². The van der Waals surface area contributed by atoms with Crippen molar-refractivity contribution in [3.63, 3.8) is 0 Å². The van der Waals surface area contributed by atoms with Crippen molar-refractivity contribution in [3.8, 4) is 0 Å². The van der Waals surface area contributed by atoms with Crippen LogP contribution in [-0.4, -0.2) is 44.9 Å². The van der Waals surface area contributed by atoms with Crippen LogP contribution in [0.4, 0.5) is 0 Å². The second-order valence-corrected chi connectivity index (χ2v) is 3.47. The summed E-state index contributed by atoms with van der Waals surface area (Å²) in [6.45, 7) is 2.15. The highest BCUT2D eigenvalue weighted by Crippen LogP contribution is 1.95. The molecule has 3 N–H and O–H groups in total. The van der Waals surface area contributed by atoms with E-state index in [1.54, 1.807) is 26.0 Å². The fourth-order valence-corrected chi connectivity index (χ4v) is 1.26. The van der Waals surface area contributed by atoms with E-state index >= 15 is 0 Å². The molecule has 2 atom stereocenters. The molecule has 0 fully saturated rings. The first kappa shape index (κ1) is 11.0. The van der Waals surface area contributed by atoms with Gasteiger partial charge in [0.2, 0.25) is 11.3 Å². The Balaban J connectivity index is 4.01. The minimum Gasteiger partial charge on any atom is -0.327 e. The predicted molar refractivity (Wildman–Crippen MR) is 44.8 cm³/mol. The Labute approximate surface area is 69.5 Å². The van der Waals surface area contributed by atoms with Crippen molar-refractivity contribution in [2.24, 2.45) is 5.73 Å². The van der Waals surface area contributed by atoms with E-state index in [9.17, 15) is 4.21 Å². The third kappa shape index (κ3) is 4.44. The lowest BCUT2D eigenvalue weighted by Crippen LogP contribution is -2.44. The Morgan fingerprint density at radius 3 is 2.18 bits per heavy atom. The maximum absolute atomic E-state index is 10.6. The highest BCUT2D eigenvalue weighted by molar-refractivity contribution is 7.76. The first-order chi connectivity index (χ1) is 4.95. The molecule has 0 saturated carbocycles. The number of hydrazine groups is 1. The summed E-state index contributed by atoms with van der Waals surface area (Å²) in [6, 6.07) is -0.117. The van der Waals surface area contributed by atoms with Gasteiger partial charge in [-0.3, -0.25) is 4.55 Å². The molecule has 0 rings (SSSR count). The lowest BCUT2D eigenvalue weighted by atomic mass is 10.4. The molecule has 68 valence electrons. The van der Waals surface area contributed by atoms with Gasteiger partial charge in [0.1, 0.15) is 0 Å². The zero-order valence-corrected chi connectivity index (χ0v) is 7.84. The molecule has 0 bridgehead atoms. The van der Waals surface area contributed by atoms with Crippen LogP contribution < -0.4 is 5.73 Å². The summed E-state index contributed by atoms with van der Waals surface area (Å²) in [5.41, 5.74) is 5.46. The predicted octanol–water partition coefficient (Wildman–Crippen LogP) is -0.751. The summed E-state index contributed by atoms with van der Waals surface area (Å²) in [7, 11) is 3.38. The molecule has 0 amide bonds. The monoisotopic (exact) mass is 181 g/mol. The first-order valence-corrected chi connectivity index (χ1v) is 4.33. The van der Waals surface area contributed by atoms with Gasteiger partial charge in [-0.2, -0.15) is 0 Å². The molecule has 0 aliphatic rings. The highest BCUT2D eigenvalue weighted by atomic mass is 32.2. The molecule has 0 spiro atoms. The second kappa shape index (κ2) is 4.78. The van der Waals surface area contributed by atoms with Crippen molar-refractivity contribution in [2.75, 3.05) is 20.6 Å². The van der Waals surface area contributed by atoms with Crippen molar-refractivity contribution in [1.29, 1.82) is 0 Å². The van der Waals surface area contributed by atoms with Crippen LogP contribution in [0, 0.1) is 0 Å². The minimum atomic E-state index is -1.97. The third-order valence-electron chi connectivity index (χ3n) is 1.07. The van der Waals surface area contributed by atoms with Crippen LogP contribution in [0.2, 0.25) is 0 Å². The Morgan fingerprint density at radius 2 is 2.09 bits per heavy atom. The van der Waals surface area contributed by atoms with Crippen molar-refractivity contribution in [2.45, 2.75) is 13.0 Å². The summed E-state index contributed by atoms with van der Waals surface area (Å²) in [4.78, 5) is 0.